The van der Waals surface area contributed by atoms with Crippen molar-refractivity contribution in [3.8, 4) is 0 Å². The van der Waals surface area contributed by atoms with Gasteiger partial charge in [-0.05, 0) is 30.7 Å². The summed E-state index contributed by atoms with van der Waals surface area (Å²) in [5.74, 6) is 0.0964. The maximum absolute atomic E-state index is 12.0. The van der Waals surface area contributed by atoms with Crippen LogP contribution in [0, 0.1) is 5.92 Å². The molecule has 1 aliphatic rings. The van der Waals surface area contributed by atoms with Crippen LogP contribution in [0.25, 0.3) is 0 Å². The van der Waals surface area contributed by atoms with E-state index in [0.29, 0.717) is 24.0 Å². The molecule has 2 amide bonds. The van der Waals surface area contributed by atoms with Crippen LogP contribution in [0.5, 0.6) is 0 Å². The average molecular weight is 315 g/mol. The maximum atomic E-state index is 12.0. The van der Waals surface area contributed by atoms with Crippen molar-refractivity contribution < 1.29 is 9.59 Å². The van der Waals surface area contributed by atoms with Crippen LogP contribution in [-0.4, -0.2) is 30.8 Å². The highest BCUT2D eigenvalue weighted by atomic mass is 35.5. The van der Waals surface area contributed by atoms with E-state index < -0.39 is 0 Å². The number of rotatable bonds is 5. The van der Waals surface area contributed by atoms with Gasteiger partial charge in [-0.15, -0.1) is 11.6 Å². The van der Waals surface area contributed by atoms with Gasteiger partial charge >= 0.3 is 0 Å². The Morgan fingerprint density at radius 1 is 1.35 bits per heavy atom. The molecule has 0 bridgehead atoms. The fourth-order valence-electron chi connectivity index (χ4n) is 2.18. The van der Waals surface area contributed by atoms with Crippen LogP contribution in [0.15, 0.2) is 24.3 Å². The molecule has 1 aliphatic heterocycles. The molecule has 1 fully saturated rings. The molecule has 0 saturated carbocycles. The quantitative estimate of drug-likeness (QED) is 0.670. The Hall–Kier alpha value is -1.26. The zero-order chi connectivity index (χ0) is 14.5. The first-order valence-corrected chi connectivity index (χ1v) is 7.42. The highest BCUT2D eigenvalue weighted by molar-refractivity contribution is 6.30. The number of nitrogens with one attached hydrogen (secondary N) is 1. The number of alkyl halides is 1. The summed E-state index contributed by atoms with van der Waals surface area (Å²) in [6.45, 7) is 0.959. The topological polar surface area (TPSA) is 49.4 Å². The van der Waals surface area contributed by atoms with Gasteiger partial charge in [0, 0.05) is 36.1 Å². The zero-order valence-electron chi connectivity index (χ0n) is 10.9. The van der Waals surface area contributed by atoms with E-state index in [0.717, 1.165) is 12.1 Å². The Morgan fingerprint density at radius 2 is 2.05 bits per heavy atom. The van der Waals surface area contributed by atoms with Gasteiger partial charge in [0.15, 0.2) is 0 Å². The largest absolute Gasteiger partial charge is 0.356 e. The fraction of sp³-hybridized carbons (Fsp3) is 0.429. The second-order valence-corrected chi connectivity index (χ2v) is 5.53. The molecule has 0 aromatic heterocycles. The monoisotopic (exact) mass is 314 g/mol. The van der Waals surface area contributed by atoms with Gasteiger partial charge in [0.05, 0.1) is 5.92 Å². The van der Waals surface area contributed by atoms with Gasteiger partial charge in [-0.2, -0.15) is 0 Å². The number of nitrogens with zero attached hydrogens (tertiary/aromatic N) is 1. The van der Waals surface area contributed by atoms with E-state index in [-0.39, 0.29) is 24.2 Å². The van der Waals surface area contributed by atoms with Crippen molar-refractivity contribution in [3.05, 3.63) is 29.3 Å². The molecule has 6 heteroatoms. The summed E-state index contributed by atoms with van der Waals surface area (Å²) < 4.78 is 0. The molecular formula is C14H16Cl2N2O2. The molecule has 0 aliphatic carbocycles. The lowest BCUT2D eigenvalue weighted by molar-refractivity contribution is -0.126. The third kappa shape index (κ3) is 3.64. The van der Waals surface area contributed by atoms with Gasteiger partial charge in [0.2, 0.25) is 11.8 Å². The van der Waals surface area contributed by atoms with Crippen molar-refractivity contribution >= 4 is 40.7 Å². The van der Waals surface area contributed by atoms with Crippen LogP contribution < -0.4 is 10.2 Å². The summed E-state index contributed by atoms with van der Waals surface area (Å²) in [7, 11) is 0. The number of benzene rings is 1. The van der Waals surface area contributed by atoms with Crippen molar-refractivity contribution in [2.75, 3.05) is 23.9 Å². The Balaban J connectivity index is 1.96. The van der Waals surface area contributed by atoms with E-state index in [1.807, 2.05) is 0 Å². The van der Waals surface area contributed by atoms with E-state index in [4.69, 9.17) is 23.2 Å². The third-order valence-corrected chi connectivity index (χ3v) is 3.76. The molecular weight excluding hydrogens is 299 g/mol. The standard InChI is InChI=1S/C14H16Cl2N2O2/c15-6-1-7-17-14(20)10-8-13(19)18(9-10)12-4-2-11(16)3-5-12/h2-5,10H,1,6-9H2,(H,17,20)/t10-/m0/s1. The predicted octanol–water partition coefficient (Wildman–Crippen LogP) is 2.44. The van der Waals surface area contributed by atoms with Gasteiger partial charge in [-0.3, -0.25) is 9.59 Å². The number of carbonyl (C=O) groups is 2. The van der Waals surface area contributed by atoms with Gasteiger partial charge in [0.25, 0.3) is 0 Å². The van der Waals surface area contributed by atoms with Crippen LogP contribution in [-0.2, 0) is 9.59 Å². The highest BCUT2D eigenvalue weighted by Gasteiger charge is 2.34. The van der Waals surface area contributed by atoms with Crippen molar-refractivity contribution in [1.82, 2.24) is 5.32 Å². The van der Waals surface area contributed by atoms with Gasteiger partial charge in [-0.1, -0.05) is 11.6 Å². The Kier molecular flexibility index (Phi) is 5.26. The molecule has 0 radical (unpaired) electrons. The molecule has 108 valence electrons. The van der Waals surface area contributed by atoms with E-state index in [1.54, 1.807) is 29.2 Å². The minimum absolute atomic E-state index is 0.0372. The van der Waals surface area contributed by atoms with Crippen molar-refractivity contribution in [3.63, 3.8) is 0 Å². The number of carbonyl (C=O) groups excluding carboxylic acids is 2. The molecule has 0 unspecified atom stereocenters. The number of hydrogen-bond acceptors (Lipinski definition) is 2. The molecule has 1 aromatic rings. The molecule has 4 nitrogen and oxygen atoms in total. The molecule has 20 heavy (non-hydrogen) atoms. The first-order valence-electron chi connectivity index (χ1n) is 6.51. The first-order chi connectivity index (χ1) is 9.61. The van der Waals surface area contributed by atoms with Crippen molar-refractivity contribution in [1.29, 1.82) is 0 Å². The van der Waals surface area contributed by atoms with E-state index in [9.17, 15) is 9.59 Å². The molecule has 1 saturated heterocycles. The van der Waals surface area contributed by atoms with Crippen molar-refractivity contribution in [2.24, 2.45) is 5.92 Å². The zero-order valence-corrected chi connectivity index (χ0v) is 12.5. The maximum Gasteiger partial charge on any atom is 0.227 e. The SMILES string of the molecule is O=C(NCCCCl)[C@H]1CC(=O)N(c2ccc(Cl)cc2)C1. The molecule has 0 spiro atoms. The van der Waals surface area contributed by atoms with E-state index in [2.05, 4.69) is 5.32 Å². The number of amides is 2. The lowest BCUT2D eigenvalue weighted by atomic mass is 10.1. The predicted molar refractivity (Wildman–Crippen MR) is 80.3 cm³/mol. The third-order valence-electron chi connectivity index (χ3n) is 3.24. The fourth-order valence-corrected chi connectivity index (χ4v) is 2.44. The molecule has 1 N–H and O–H groups in total. The van der Waals surface area contributed by atoms with Crippen LogP contribution >= 0.6 is 23.2 Å². The second-order valence-electron chi connectivity index (χ2n) is 4.72. The highest BCUT2D eigenvalue weighted by Crippen LogP contribution is 2.26. The summed E-state index contributed by atoms with van der Waals surface area (Å²) in [6.07, 6.45) is 0.976. The number of hydrogen-bond donors (Lipinski definition) is 1. The van der Waals surface area contributed by atoms with Crippen LogP contribution in [0.4, 0.5) is 5.69 Å². The van der Waals surface area contributed by atoms with Gasteiger partial charge in [-0.25, -0.2) is 0 Å². The molecule has 2 rings (SSSR count). The smallest absolute Gasteiger partial charge is 0.227 e. The summed E-state index contributed by atoms with van der Waals surface area (Å²) in [5.41, 5.74) is 0.774. The van der Waals surface area contributed by atoms with E-state index in [1.165, 1.54) is 0 Å². The van der Waals surface area contributed by atoms with Crippen LogP contribution in [0.1, 0.15) is 12.8 Å². The van der Waals surface area contributed by atoms with Crippen LogP contribution in [0.2, 0.25) is 5.02 Å². The lowest BCUT2D eigenvalue weighted by Gasteiger charge is -2.16. The minimum atomic E-state index is -0.298. The Labute approximate surface area is 128 Å². The van der Waals surface area contributed by atoms with Crippen LogP contribution in [0.3, 0.4) is 0 Å². The normalized spacial score (nSPS) is 18.4. The number of anilines is 1. The summed E-state index contributed by atoms with van der Waals surface area (Å²) in [4.78, 5) is 25.6. The minimum Gasteiger partial charge on any atom is -0.356 e. The molecule has 1 aromatic carbocycles. The van der Waals surface area contributed by atoms with Crippen molar-refractivity contribution in [2.45, 2.75) is 12.8 Å². The number of halogens is 2. The summed E-state index contributed by atoms with van der Waals surface area (Å²) in [6, 6.07) is 7.04. The lowest BCUT2D eigenvalue weighted by Crippen LogP contribution is -2.33. The van der Waals surface area contributed by atoms with E-state index >= 15 is 0 Å². The Bertz CT molecular complexity index is 490. The second kappa shape index (κ2) is 6.95. The van der Waals surface area contributed by atoms with Gasteiger partial charge < -0.3 is 10.2 Å². The Morgan fingerprint density at radius 3 is 2.70 bits per heavy atom. The first kappa shape index (κ1) is 15.1. The summed E-state index contributed by atoms with van der Waals surface area (Å²) in [5, 5.41) is 3.42. The molecule has 1 atom stereocenters. The summed E-state index contributed by atoms with van der Waals surface area (Å²) >= 11 is 11.4. The van der Waals surface area contributed by atoms with Gasteiger partial charge in [0.1, 0.15) is 0 Å². The molecule has 1 heterocycles. The average Bonchev–Trinajstić information content (AvgIpc) is 2.82.